The number of rotatable bonds is 2. The van der Waals surface area contributed by atoms with E-state index in [9.17, 15) is 12.8 Å². The average Bonchev–Trinajstić information content (AvgIpc) is 2.32. The molecule has 0 aromatic rings. The maximum absolute atomic E-state index is 12.4. The normalized spacial score (nSPS) is 28.6. The fourth-order valence-electron chi connectivity index (χ4n) is 0.739. The molecule has 1 unspecified atom stereocenters. The molecule has 0 saturated carbocycles. The summed E-state index contributed by atoms with van der Waals surface area (Å²) in [5.41, 5.74) is 0. The minimum atomic E-state index is -3.06. The van der Waals surface area contributed by atoms with Crippen molar-refractivity contribution in [2.24, 2.45) is 0 Å². The minimum Gasteiger partial charge on any atom is -0.429 e. The molecule has 0 amide bonds. The average molecular weight is 197 g/mol. The fourth-order valence-corrected chi connectivity index (χ4v) is 1.37. The molecular weight excluding hydrogens is 189 g/mol. The quantitative estimate of drug-likeness (QED) is 0.610. The highest BCUT2D eigenvalue weighted by Crippen LogP contribution is 2.28. The lowest BCUT2D eigenvalue weighted by molar-refractivity contribution is -0.171. The van der Waals surface area contributed by atoms with E-state index in [-0.39, 0.29) is 0 Å². The van der Waals surface area contributed by atoms with Gasteiger partial charge in [0.1, 0.15) is 0 Å². The molecule has 7 heteroatoms. The van der Waals surface area contributed by atoms with E-state index >= 15 is 0 Å². The summed E-state index contributed by atoms with van der Waals surface area (Å²) < 4.78 is 42.6. The second kappa shape index (κ2) is 2.91. The number of hydrogen-bond acceptors (Lipinski definition) is 5. The van der Waals surface area contributed by atoms with Crippen LogP contribution in [0.3, 0.4) is 0 Å². The Morgan fingerprint density at radius 2 is 2.17 bits per heavy atom. The molecular formula is C5H8FNO4S. The van der Waals surface area contributed by atoms with Crippen LogP contribution in [0.5, 0.6) is 0 Å². The molecule has 0 saturated heterocycles. The van der Waals surface area contributed by atoms with Gasteiger partial charge in [-0.3, -0.25) is 0 Å². The highest BCUT2D eigenvalue weighted by molar-refractivity contribution is 7.73. The fraction of sp³-hybridized carbons (Fsp3) is 0.600. The van der Waals surface area contributed by atoms with Crippen LogP contribution in [0.1, 0.15) is 0 Å². The molecule has 70 valence electrons. The predicted molar refractivity (Wildman–Crippen MR) is 38.1 cm³/mol. The van der Waals surface area contributed by atoms with Crippen LogP contribution in [0.2, 0.25) is 0 Å². The van der Waals surface area contributed by atoms with Gasteiger partial charge in [-0.1, -0.05) is 0 Å². The van der Waals surface area contributed by atoms with Gasteiger partial charge in [-0.15, -0.1) is 0 Å². The first-order chi connectivity index (χ1) is 5.49. The molecule has 0 fully saturated rings. The summed E-state index contributed by atoms with van der Waals surface area (Å²) in [5.74, 6) is 0. The van der Waals surface area contributed by atoms with E-state index in [1.54, 1.807) is 0 Å². The molecule has 0 bridgehead atoms. The maximum atomic E-state index is 12.4. The summed E-state index contributed by atoms with van der Waals surface area (Å²) in [6, 6.07) is -1.05. The number of halogens is 1. The lowest BCUT2D eigenvalue weighted by atomic mass is 10.8. The van der Waals surface area contributed by atoms with Gasteiger partial charge in [0.15, 0.2) is 6.26 Å². The SMILES string of the molecule is CN(C)C1([SH](=O)=O)OC=C(F)O1. The van der Waals surface area contributed by atoms with Crippen LogP contribution >= 0.6 is 0 Å². The maximum Gasteiger partial charge on any atom is 0.423 e. The van der Waals surface area contributed by atoms with E-state index in [1.807, 2.05) is 0 Å². The zero-order valence-electron chi connectivity index (χ0n) is 6.48. The highest BCUT2D eigenvalue weighted by Gasteiger charge is 2.46. The first-order valence-corrected chi connectivity index (χ1v) is 4.21. The van der Waals surface area contributed by atoms with E-state index in [2.05, 4.69) is 9.47 Å². The van der Waals surface area contributed by atoms with E-state index < -0.39 is 22.0 Å². The Morgan fingerprint density at radius 3 is 2.33 bits per heavy atom. The van der Waals surface area contributed by atoms with E-state index in [0.717, 1.165) is 4.90 Å². The van der Waals surface area contributed by atoms with Crippen LogP contribution < -0.4 is 0 Å². The smallest absolute Gasteiger partial charge is 0.423 e. The van der Waals surface area contributed by atoms with Crippen molar-refractivity contribution in [3.63, 3.8) is 0 Å². The number of ether oxygens (including phenoxy) is 2. The van der Waals surface area contributed by atoms with Crippen LogP contribution in [0.15, 0.2) is 12.3 Å². The van der Waals surface area contributed by atoms with Crippen molar-refractivity contribution < 1.29 is 22.3 Å². The molecule has 1 heterocycles. The van der Waals surface area contributed by atoms with Crippen molar-refractivity contribution in [3.05, 3.63) is 12.3 Å². The molecule has 0 aromatic heterocycles. The predicted octanol–water partition coefficient (Wildman–Crippen LogP) is -0.414. The minimum absolute atomic E-state index is 0.616. The molecule has 1 aliphatic heterocycles. The van der Waals surface area contributed by atoms with E-state index in [0.29, 0.717) is 6.26 Å². The molecule has 1 rings (SSSR count). The van der Waals surface area contributed by atoms with Gasteiger partial charge in [0, 0.05) is 0 Å². The Hall–Kier alpha value is -0.820. The van der Waals surface area contributed by atoms with Crippen molar-refractivity contribution in [2.45, 2.75) is 5.24 Å². The van der Waals surface area contributed by atoms with Gasteiger partial charge in [-0.05, 0) is 14.1 Å². The largest absolute Gasteiger partial charge is 0.429 e. The zero-order chi connectivity index (χ0) is 9.35. The summed E-state index contributed by atoms with van der Waals surface area (Å²) in [5, 5.41) is -2.01. The highest BCUT2D eigenvalue weighted by atomic mass is 32.2. The van der Waals surface area contributed by atoms with Crippen molar-refractivity contribution in [3.8, 4) is 0 Å². The van der Waals surface area contributed by atoms with Gasteiger partial charge in [-0.25, -0.2) is 13.3 Å². The summed E-state index contributed by atoms with van der Waals surface area (Å²) in [6.45, 7) is 0. The summed E-state index contributed by atoms with van der Waals surface area (Å²) in [6.07, 6.45) is 0.616. The molecule has 0 radical (unpaired) electrons. The Labute approximate surface area is 70.3 Å². The molecule has 0 aliphatic carbocycles. The second-order valence-corrected chi connectivity index (χ2v) is 3.42. The van der Waals surface area contributed by atoms with Crippen molar-refractivity contribution >= 4 is 10.7 Å². The van der Waals surface area contributed by atoms with Gasteiger partial charge in [0.05, 0.1) is 0 Å². The summed E-state index contributed by atoms with van der Waals surface area (Å²) >= 11 is 0. The van der Waals surface area contributed by atoms with Gasteiger partial charge in [0.2, 0.25) is 10.7 Å². The van der Waals surface area contributed by atoms with Crippen LogP contribution in [-0.2, 0) is 20.2 Å². The van der Waals surface area contributed by atoms with Gasteiger partial charge >= 0.3 is 11.3 Å². The lowest BCUT2D eigenvalue weighted by Gasteiger charge is -2.26. The molecule has 0 N–H and O–H groups in total. The molecule has 5 nitrogen and oxygen atoms in total. The van der Waals surface area contributed by atoms with Gasteiger partial charge in [0.25, 0.3) is 0 Å². The van der Waals surface area contributed by atoms with Crippen LogP contribution in [0, 0.1) is 0 Å². The van der Waals surface area contributed by atoms with E-state index in [1.165, 1.54) is 14.1 Å². The topological polar surface area (TPSA) is 55.8 Å². The second-order valence-electron chi connectivity index (χ2n) is 2.34. The van der Waals surface area contributed by atoms with Crippen LogP contribution in [-0.4, -0.2) is 32.7 Å². The van der Waals surface area contributed by atoms with E-state index in [4.69, 9.17) is 0 Å². The molecule has 1 aliphatic rings. The third kappa shape index (κ3) is 1.25. The molecule has 0 aromatic carbocycles. The Morgan fingerprint density at radius 1 is 1.58 bits per heavy atom. The number of nitrogens with zero attached hydrogens (tertiary/aromatic N) is 1. The summed E-state index contributed by atoms with van der Waals surface area (Å²) in [7, 11) is -0.262. The Kier molecular flexibility index (Phi) is 2.25. The van der Waals surface area contributed by atoms with Gasteiger partial charge in [-0.2, -0.15) is 4.39 Å². The van der Waals surface area contributed by atoms with Crippen molar-refractivity contribution in [1.29, 1.82) is 0 Å². The Bertz CT molecular complexity index is 279. The molecule has 0 spiro atoms. The van der Waals surface area contributed by atoms with Crippen molar-refractivity contribution in [2.75, 3.05) is 14.1 Å². The third-order valence-corrected chi connectivity index (χ3v) is 2.39. The monoisotopic (exact) mass is 197 g/mol. The standard InChI is InChI=1S/C5H8FNO4S/c1-7(2)5(12(8)9)10-3-4(6)11-5/h3,12H,1-2H3. The van der Waals surface area contributed by atoms with Crippen LogP contribution in [0.25, 0.3) is 0 Å². The first-order valence-electron chi connectivity index (χ1n) is 3.03. The first kappa shape index (κ1) is 9.27. The van der Waals surface area contributed by atoms with Crippen LogP contribution in [0.4, 0.5) is 4.39 Å². The zero-order valence-corrected chi connectivity index (χ0v) is 7.38. The van der Waals surface area contributed by atoms with Gasteiger partial charge < -0.3 is 9.47 Å². The number of thiol groups is 1. The summed E-state index contributed by atoms with van der Waals surface area (Å²) in [4.78, 5) is 1.11. The number of hydrogen-bond donors (Lipinski definition) is 1. The molecule has 12 heavy (non-hydrogen) atoms. The third-order valence-electron chi connectivity index (χ3n) is 1.33. The molecule has 1 atom stereocenters. The van der Waals surface area contributed by atoms with Crippen molar-refractivity contribution in [1.82, 2.24) is 4.90 Å². The lowest BCUT2D eigenvalue weighted by Crippen LogP contribution is -2.46. The Balaban J connectivity index is 2.94.